The monoisotopic (exact) mass is 817 g/mol. The Hall–Kier alpha value is -6.76. The number of nitrogens with one attached hydrogen (secondary N) is 1. The van der Waals surface area contributed by atoms with Crippen molar-refractivity contribution < 1.29 is 8.83 Å². The molecule has 62 heavy (non-hydrogen) atoms. The summed E-state index contributed by atoms with van der Waals surface area (Å²) in [7, 11) is 2.42. The Balaban J connectivity index is 1.10. The van der Waals surface area contributed by atoms with Gasteiger partial charge in [0.15, 0.2) is 7.28 Å². The number of hydrogen-bond acceptors (Lipinski definition) is 4. The molecule has 4 nitrogen and oxygen atoms in total. The highest BCUT2D eigenvalue weighted by molar-refractivity contribution is 7.25. The second kappa shape index (κ2) is 12.4. The lowest BCUT2D eigenvalue weighted by atomic mass is 9.59. The Morgan fingerprint density at radius 3 is 1.89 bits per heavy atom. The molecular weight excluding hydrogens is 776 g/mol. The molecule has 1 aliphatic rings. The van der Waals surface area contributed by atoms with Crippen LogP contribution in [0.1, 0.15) is 52.7 Å². The molecule has 0 aliphatic carbocycles. The molecule has 8 aromatic carbocycles. The average molecular weight is 818 g/mol. The average Bonchev–Trinajstić information content (AvgIpc) is 4.00. The maximum absolute atomic E-state index is 6.54. The van der Waals surface area contributed by atoms with Crippen LogP contribution >= 0.6 is 11.3 Å². The van der Waals surface area contributed by atoms with E-state index in [1.54, 1.807) is 0 Å². The van der Waals surface area contributed by atoms with Crippen molar-refractivity contribution in [2.75, 3.05) is 5.32 Å². The zero-order valence-corrected chi connectivity index (χ0v) is 36.3. The molecule has 12 aromatic rings. The van der Waals surface area contributed by atoms with Crippen LogP contribution in [0.4, 0.5) is 11.4 Å². The van der Waals surface area contributed by atoms with Crippen LogP contribution in [0.25, 0.3) is 103 Å². The smallest absolute Gasteiger partial charge is 0.197 e. The molecule has 0 saturated heterocycles. The molecule has 0 unspecified atom stereocenters. The van der Waals surface area contributed by atoms with Gasteiger partial charge in [-0.05, 0) is 87.6 Å². The summed E-state index contributed by atoms with van der Waals surface area (Å²) >= 11 is 1.88. The molecule has 6 heteroatoms. The second-order valence-electron chi connectivity index (χ2n) is 19.3. The third kappa shape index (κ3) is 5.20. The van der Waals surface area contributed by atoms with Crippen LogP contribution in [0.2, 0.25) is 0 Å². The van der Waals surface area contributed by atoms with Gasteiger partial charge in [-0.25, -0.2) is 0 Å². The molecule has 1 aliphatic heterocycles. The third-order valence-corrected chi connectivity index (χ3v) is 14.5. The van der Waals surface area contributed by atoms with Crippen molar-refractivity contribution in [3.63, 3.8) is 0 Å². The third-order valence-electron chi connectivity index (χ3n) is 13.3. The van der Waals surface area contributed by atoms with E-state index < -0.39 is 0 Å². The normalized spacial score (nSPS) is 13.1. The summed E-state index contributed by atoms with van der Waals surface area (Å²) in [6.45, 7) is 13.7. The highest BCUT2D eigenvalue weighted by atomic mass is 32.1. The first-order chi connectivity index (χ1) is 29.9. The van der Waals surface area contributed by atoms with Crippen molar-refractivity contribution in [2.45, 2.75) is 52.4 Å². The molecule has 13 rings (SSSR count). The summed E-state index contributed by atoms with van der Waals surface area (Å²) in [5.41, 5.74) is 16.6. The minimum atomic E-state index is 0.0465. The fourth-order valence-electron chi connectivity index (χ4n) is 10.0. The van der Waals surface area contributed by atoms with Crippen LogP contribution in [0.5, 0.6) is 0 Å². The van der Waals surface area contributed by atoms with Crippen molar-refractivity contribution in [3.8, 4) is 16.8 Å². The van der Waals surface area contributed by atoms with Crippen molar-refractivity contribution >= 4 is 127 Å². The molecule has 0 amide bonds. The van der Waals surface area contributed by atoms with E-state index >= 15 is 0 Å². The minimum Gasteiger partial charge on any atom is -0.456 e. The zero-order valence-electron chi connectivity index (χ0n) is 35.5. The molecule has 0 saturated carbocycles. The maximum atomic E-state index is 6.54. The first-order valence-electron chi connectivity index (χ1n) is 21.6. The van der Waals surface area contributed by atoms with Gasteiger partial charge in [-0.3, -0.25) is 0 Å². The van der Waals surface area contributed by atoms with Crippen LogP contribution in [0, 0.1) is 0 Å². The first kappa shape index (κ1) is 35.9. The van der Waals surface area contributed by atoms with Crippen LogP contribution in [0.3, 0.4) is 0 Å². The van der Waals surface area contributed by atoms with E-state index in [2.05, 4.69) is 186 Å². The van der Waals surface area contributed by atoms with Crippen LogP contribution in [-0.2, 0) is 10.8 Å². The number of para-hydroxylation sites is 2. The summed E-state index contributed by atoms with van der Waals surface area (Å²) in [4.78, 5) is 0. The van der Waals surface area contributed by atoms with E-state index in [4.69, 9.17) is 8.83 Å². The molecule has 0 spiro atoms. The Labute approximate surface area is 363 Å². The van der Waals surface area contributed by atoms with E-state index in [0.29, 0.717) is 0 Å². The largest absolute Gasteiger partial charge is 0.456 e. The van der Waals surface area contributed by atoms with E-state index in [9.17, 15) is 0 Å². The van der Waals surface area contributed by atoms with Crippen LogP contribution in [-0.4, -0.2) is 11.8 Å². The SMILES string of the molecule is CC(C)(C)c1ccc(Nc2cc3c(cc2-c2ccc4c5cc6c(cc5n5c4c2[B]c2cc4c(cc2-5)oc2ccccc24)oc2ccccc26)sc2ccc(C(C)(C)C)cc23)cc1. The number of furan rings is 2. The van der Waals surface area contributed by atoms with E-state index in [1.165, 1.54) is 64.2 Å². The highest BCUT2D eigenvalue weighted by Gasteiger charge is 2.29. The lowest BCUT2D eigenvalue weighted by Crippen LogP contribution is -2.37. The Bertz CT molecular complexity index is 3880. The molecular formula is C56H42BN2O2S. The lowest BCUT2D eigenvalue weighted by molar-refractivity contribution is 0.590. The fraction of sp³-hybridized carbons (Fsp3) is 0.143. The van der Waals surface area contributed by atoms with E-state index in [1.807, 2.05) is 23.5 Å². The Morgan fingerprint density at radius 2 is 1.16 bits per heavy atom. The Kier molecular flexibility index (Phi) is 7.21. The van der Waals surface area contributed by atoms with Gasteiger partial charge in [-0.1, -0.05) is 120 Å². The number of nitrogens with zero attached hydrogens (tertiary/aromatic N) is 1. The van der Waals surface area contributed by atoms with Crippen molar-refractivity contribution in [3.05, 3.63) is 151 Å². The highest BCUT2D eigenvalue weighted by Crippen LogP contribution is 2.45. The number of benzene rings is 8. The molecule has 1 radical (unpaired) electrons. The summed E-state index contributed by atoms with van der Waals surface area (Å²) in [6, 6.07) is 51.4. The van der Waals surface area contributed by atoms with Crippen molar-refractivity contribution in [1.82, 2.24) is 4.57 Å². The number of thiophene rings is 1. The zero-order chi connectivity index (χ0) is 41.8. The minimum absolute atomic E-state index is 0.0465. The predicted octanol–water partition coefficient (Wildman–Crippen LogP) is 14.9. The standard InChI is InChI=1S/C56H42BN2O2S/c1-55(2,3)30-15-18-32(19-16-30)58-44-26-42-41-23-31(56(4,5)6)17-22-51(41)62-52(42)27-37(44)35-20-21-36-38-24-39-33-11-7-9-13-47(33)60-49(39)28-45(38)59-46-29-50-40(25-43(46)57-53(35)54(36)59)34-12-8-10-14-48(34)61-50/h7-29,58H,1-6H3. The van der Waals surface area contributed by atoms with E-state index in [0.717, 1.165) is 71.9 Å². The molecule has 5 heterocycles. The molecule has 4 aromatic heterocycles. The molecule has 297 valence electrons. The van der Waals surface area contributed by atoms with Gasteiger partial charge < -0.3 is 18.7 Å². The van der Waals surface area contributed by atoms with Gasteiger partial charge in [-0.2, -0.15) is 0 Å². The van der Waals surface area contributed by atoms with Gasteiger partial charge in [0.05, 0.1) is 5.52 Å². The van der Waals surface area contributed by atoms with Crippen LogP contribution < -0.4 is 16.2 Å². The number of rotatable bonds is 3. The molecule has 0 fully saturated rings. The topological polar surface area (TPSA) is 43.2 Å². The molecule has 1 N–H and O–H groups in total. The predicted molar refractivity (Wildman–Crippen MR) is 266 cm³/mol. The van der Waals surface area contributed by atoms with Crippen LogP contribution in [0.15, 0.2) is 148 Å². The van der Waals surface area contributed by atoms with Crippen molar-refractivity contribution in [1.29, 1.82) is 0 Å². The van der Waals surface area contributed by atoms with Gasteiger partial charge >= 0.3 is 0 Å². The quantitative estimate of drug-likeness (QED) is 0.181. The number of anilines is 2. The Morgan fingerprint density at radius 1 is 0.500 bits per heavy atom. The van der Waals surface area contributed by atoms with Crippen molar-refractivity contribution in [2.24, 2.45) is 0 Å². The number of fused-ring (bicyclic) bond motifs is 14. The maximum Gasteiger partial charge on any atom is 0.197 e. The van der Waals surface area contributed by atoms with Gasteiger partial charge in [0.1, 0.15) is 22.3 Å². The summed E-state index contributed by atoms with van der Waals surface area (Å²) in [6.07, 6.45) is 0. The van der Waals surface area contributed by atoms with Gasteiger partial charge in [0.25, 0.3) is 0 Å². The van der Waals surface area contributed by atoms with Gasteiger partial charge in [0, 0.05) is 92.8 Å². The lowest BCUT2D eigenvalue weighted by Gasteiger charge is -2.24. The summed E-state index contributed by atoms with van der Waals surface area (Å²) in [5, 5.41) is 13.4. The number of aromatic nitrogens is 1. The summed E-state index contributed by atoms with van der Waals surface area (Å²) in [5.74, 6) is 0. The first-order valence-corrected chi connectivity index (χ1v) is 22.4. The molecule has 0 bridgehead atoms. The summed E-state index contributed by atoms with van der Waals surface area (Å²) < 4.78 is 18.1. The molecule has 0 atom stereocenters. The second-order valence-corrected chi connectivity index (χ2v) is 20.4. The van der Waals surface area contributed by atoms with Gasteiger partial charge in [0.2, 0.25) is 0 Å². The van der Waals surface area contributed by atoms with E-state index in [-0.39, 0.29) is 10.8 Å². The fourth-order valence-corrected chi connectivity index (χ4v) is 11.2. The van der Waals surface area contributed by atoms with Gasteiger partial charge in [-0.15, -0.1) is 11.3 Å². The number of hydrogen-bond donors (Lipinski definition) is 1.